The van der Waals surface area contributed by atoms with Crippen LogP contribution in [-0.2, 0) is 13.6 Å². The SMILES string of the molecule is CN(Cc1cnn(C)c1)c1ncnc2cc(N)ccc12. The molecule has 2 N–H and O–H groups in total. The van der Waals surface area contributed by atoms with E-state index in [0.717, 1.165) is 28.8 Å². The zero-order valence-corrected chi connectivity index (χ0v) is 11.5. The van der Waals surface area contributed by atoms with Gasteiger partial charge in [-0.1, -0.05) is 0 Å². The molecule has 0 bridgehead atoms. The van der Waals surface area contributed by atoms with Gasteiger partial charge in [0.1, 0.15) is 12.1 Å². The van der Waals surface area contributed by atoms with Crippen LogP contribution in [0.1, 0.15) is 5.56 Å². The summed E-state index contributed by atoms with van der Waals surface area (Å²) in [6.07, 6.45) is 5.42. The number of hydrogen-bond acceptors (Lipinski definition) is 5. The summed E-state index contributed by atoms with van der Waals surface area (Å²) in [5, 5.41) is 5.17. The molecule has 3 rings (SSSR count). The second-order valence-corrected chi connectivity index (χ2v) is 4.85. The first kappa shape index (κ1) is 12.4. The highest BCUT2D eigenvalue weighted by atomic mass is 15.2. The van der Waals surface area contributed by atoms with E-state index in [1.807, 2.05) is 44.7 Å². The minimum absolute atomic E-state index is 0.706. The van der Waals surface area contributed by atoms with Gasteiger partial charge in [0.15, 0.2) is 0 Å². The molecule has 0 unspecified atom stereocenters. The summed E-state index contributed by atoms with van der Waals surface area (Å²) in [7, 11) is 3.91. The Balaban J connectivity index is 1.96. The zero-order chi connectivity index (χ0) is 14.1. The van der Waals surface area contributed by atoms with Crippen molar-refractivity contribution in [2.75, 3.05) is 17.7 Å². The van der Waals surface area contributed by atoms with E-state index >= 15 is 0 Å². The Hall–Kier alpha value is -2.63. The second kappa shape index (κ2) is 4.80. The zero-order valence-electron chi connectivity index (χ0n) is 11.5. The van der Waals surface area contributed by atoms with Crippen LogP contribution >= 0.6 is 0 Å². The molecule has 0 fully saturated rings. The van der Waals surface area contributed by atoms with E-state index in [4.69, 9.17) is 5.73 Å². The molecule has 20 heavy (non-hydrogen) atoms. The molecule has 3 aromatic rings. The smallest absolute Gasteiger partial charge is 0.139 e. The van der Waals surface area contributed by atoms with Crippen LogP contribution in [0.15, 0.2) is 36.9 Å². The molecule has 0 spiro atoms. The molecule has 1 aromatic carbocycles. The first-order valence-electron chi connectivity index (χ1n) is 6.32. The van der Waals surface area contributed by atoms with Gasteiger partial charge in [0, 0.05) is 43.5 Å². The van der Waals surface area contributed by atoms with Gasteiger partial charge in [0.05, 0.1) is 11.7 Å². The number of hydrogen-bond donors (Lipinski definition) is 1. The lowest BCUT2D eigenvalue weighted by Gasteiger charge is -2.18. The van der Waals surface area contributed by atoms with Crippen molar-refractivity contribution in [1.82, 2.24) is 19.7 Å². The maximum Gasteiger partial charge on any atom is 0.139 e. The highest BCUT2D eigenvalue weighted by Crippen LogP contribution is 2.24. The van der Waals surface area contributed by atoms with Crippen LogP contribution in [0.5, 0.6) is 0 Å². The van der Waals surface area contributed by atoms with Crippen molar-refractivity contribution in [1.29, 1.82) is 0 Å². The first-order valence-corrected chi connectivity index (χ1v) is 6.32. The van der Waals surface area contributed by atoms with Crippen molar-refractivity contribution in [3.63, 3.8) is 0 Å². The van der Waals surface area contributed by atoms with Crippen LogP contribution in [0.2, 0.25) is 0 Å². The summed E-state index contributed by atoms with van der Waals surface area (Å²) >= 11 is 0. The van der Waals surface area contributed by atoms with Crippen LogP contribution in [-0.4, -0.2) is 26.8 Å². The molecular formula is C14H16N6. The van der Waals surface area contributed by atoms with Crippen molar-refractivity contribution in [2.24, 2.45) is 7.05 Å². The molecule has 102 valence electrons. The summed E-state index contributed by atoms with van der Waals surface area (Å²) in [4.78, 5) is 10.7. The maximum absolute atomic E-state index is 5.79. The Morgan fingerprint density at radius 1 is 1.30 bits per heavy atom. The minimum atomic E-state index is 0.706. The van der Waals surface area contributed by atoms with E-state index in [1.165, 1.54) is 0 Å². The largest absolute Gasteiger partial charge is 0.399 e. The number of aryl methyl sites for hydroxylation is 1. The number of nitrogen functional groups attached to an aromatic ring is 1. The Morgan fingerprint density at radius 3 is 2.90 bits per heavy atom. The lowest BCUT2D eigenvalue weighted by Crippen LogP contribution is -2.18. The minimum Gasteiger partial charge on any atom is -0.399 e. The van der Waals surface area contributed by atoms with E-state index in [0.29, 0.717) is 5.69 Å². The number of nitrogens with zero attached hydrogens (tertiary/aromatic N) is 5. The van der Waals surface area contributed by atoms with Gasteiger partial charge < -0.3 is 10.6 Å². The van der Waals surface area contributed by atoms with E-state index < -0.39 is 0 Å². The van der Waals surface area contributed by atoms with Gasteiger partial charge in [-0.05, 0) is 18.2 Å². The average molecular weight is 268 g/mol. The van der Waals surface area contributed by atoms with Crippen molar-refractivity contribution < 1.29 is 0 Å². The maximum atomic E-state index is 5.79. The fourth-order valence-electron chi connectivity index (χ4n) is 2.27. The Morgan fingerprint density at radius 2 is 2.15 bits per heavy atom. The quantitative estimate of drug-likeness (QED) is 0.730. The van der Waals surface area contributed by atoms with Crippen LogP contribution in [0, 0.1) is 0 Å². The molecule has 0 aliphatic carbocycles. The lowest BCUT2D eigenvalue weighted by atomic mass is 10.2. The highest BCUT2D eigenvalue weighted by Gasteiger charge is 2.10. The second-order valence-electron chi connectivity index (χ2n) is 4.85. The van der Waals surface area contributed by atoms with E-state index in [-0.39, 0.29) is 0 Å². The third-order valence-electron chi connectivity index (χ3n) is 3.18. The molecule has 0 saturated heterocycles. The lowest BCUT2D eigenvalue weighted by molar-refractivity contribution is 0.766. The fraction of sp³-hybridized carbons (Fsp3) is 0.214. The Bertz CT molecular complexity index is 748. The van der Waals surface area contributed by atoms with Gasteiger partial charge in [-0.25, -0.2) is 9.97 Å². The van der Waals surface area contributed by atoms with Gasteiger partial charge in [0.25, 0.3) is 0 Å². The number of aromatic nitrogens is 4. The summed E-state index contributed by atoms with van der Waals surface area (Å²) < 4.78 is 1.79. The summed E-state index contributed by atoms with van der Waals surface area (Å²) in [6, 6.07) is 5.69. The van der Waals surface area contributed by atoms with Gasteiger partial charge in [-0.15, -0.1) is 0 Å². The molecule has 0 aliphatic heterocycles. The van der Waals surface area contributed by atoms with Gasteiger partial charge in [-0.2, -0.15) is 5.10 Å². The molecule has 0 aliphatic rings. The fourth-order valence-corrected chi connectivity index (χ4v) is 2.27. The van der Waals surface area contributed by atoms with E-state index in [2.05, 4.69) is 20.0 Å². The summed E-state index contributed by atoms with van der Waals surface area (Å²) in [6.45, 7) is 0.740. The van der Waals surface area contributed by atoms with Crippen LogP contribution in [0.3, 0.4) is 0 Å². The van der Waals surface area contributed by atoms with Crippen molar-refractivity contribution in [2.45, 2.75) is 6.54 Å². The number of anilines is 2. The van der Waals surface area contributed by atoms with Crippen LogP contribution in [0.25, 0.3) is 10.9 Å². The van der Waals surface area contributed by atoms with Gasteiger partial charge in [0.2, 0.25) is 0 Å². The Labute approximate surface area is 116 Å². The van der Waals surface area contributed by atoms with Crippen molar-refractivity contribution in [3.8, 4) is 0 Å². The first-order chi connectivity index (χ1) is 9.63. The highest BCUT2D eigenvalue weighted by molar-refractivity contribution is 5.91. The van der Waals surface area contributed by atoms with Crippen molar-refractivity contribution in [3.05, 3.63) is 42.5 Å². The standard InChI is InChI=1S/C14H16N6/c1-19(7-10-6-18-20(2)8-10)14-12-4-3-11(15)5-13(12)16-9-17-14/h3-6,8-9H,7,15H2,1-2H3. The molecule has 2 heterocycles. The molecule has 0 atom stereocenters. The predicted molar refractivity (Wildman–Crippen MR) is 79.3 cm³/mol. The summed E-state index contributed by atoms with van der Waals surface area (Å²) in [5.74, 6) is 0.888. The number of benzene rings is 1. The van der Waals surface area contributed by atoms with Gasteiger partial charge >= 0.3 is 0 Å². The third-order valence-corrected chi connectivity index (χ3v) is 3.18. The molecule has 0 saturated carbocycles. The topological polar surface area (TPSA) is 72.9 Å². The molecule has 0 radical (unpaired) electrons. The normalized spacial score (nSPS) is 10.9. The van der Waals surface area contributed by atoms with Gasteiger partial charge in [-0.3, -0.25) is 4.68 Å². The predicted octanol–water partition coefficient (Wildman–Crippen LogP) is 1.58. The van der Waals surface area contributed by atoms with Crippen molar-refractivity contribution >= 4 is 22.4 Å². The molecular weight excluding hydrogens is 252 g/mol. The number of nitrogens with two attached hydrogens (primary N) is 1. The monoisotopic (exact) mass is 268 g/mol. The van der Waals surface area contributed by atoms with Crippen LogP contribution in [0.4, 0.5) is 11.5 Å². The average Bonchev–Trinajstić information content (AvgIpc) is 2.83. The Kier molecular flexibility index (Phi) is 2.98. The third kappa shape index (κ3) is 2.27. The molecule has 6 heteroatoms. The molecule has 0 amide bonds. The van der Waals surface area contributed by atoms with E-state index in [9.17, 15) is 0 Å². The molecule has 6 nitrogen and oxygen atoms in total. The number of fused-ring (bicyclic) bond motifs is 1. The molecule has 2 aromatic heterocycles. The summed E-state index contributed by atoms with van der Waals surface area (Å²) in [5.41, 5.74) is 8.49. The van der Waals surface area contributed by atoms with Crippen LogP contribution < -0.4 is 10.6 Å². The van der Waals surface area contributed by atoms with E-state index in [1.54, 1.807) is 11.0 Å². The number of rotatable bonds is 3.